The van der Waals surface area contributed by atoms with Crippen molar-refractivity contribution >= 4 is 19.5 Å². The summed E-state index contributed by atoms with van der Waals surface area (Å²) in [5, 5.41) is 1.12. The monoisotopic (exact) mass is 248 g/mol. The Morgan fingerprint density at radius 2 is 1.88 bits per heavy atom. The quantitative estimate of drug-likeness (QED) is 0.591. The fraction of sp³-hybridized carbons (Fsp3) is 0.357. The van der Waals surface area contributed by atoms with Crippen molar-refractivity contribution in [2.75, 3.05) is 0 Å². The standard InChI is InChI=1S/C14H20O2Si/c1-5-9-12(2)14(15)16-17(3,4)13-10-7-6-8-11-13/h6-8,10-11H,2,5,9H2,1,3-4H3. The Morgan fingerprint density at radius 3 is 2.41 bits per heavy atom. The van der Waals surface area contributed by atoms with E-state index in [-0.39, 0.29) is 5.97 Å². The summed E-state index contributed by atoms with van der Waals surface area (Å²) >= 11 is 0. The molecule has 2 nitrogen and oxygen atoms in total. The van der Waals surface area contributed by atoms with Gasteiger partial charge in [-0.25, -0.2) is 4.79 Å². The van der Waals surface area contributed by atoms with Crippen molar-refractivity contribution in [2.24, 2.45) is 0 Å². The van der Waals surface area contributed by atoms with Crippen LogP contribution < -0.4 is 5.19 Å². The molecule has 0 unspecified atom stereocenters. The maximum atomic E-state index is 11.8. The lowest BCUT2D eigenvalue weighted by Gasteiger charge is -2.23. The normalized spacial score (nSPS) is 11.0. The van der Waals surface area contributed by atoms with Crippen molar-refractivity contribution in [1.29, 1.82) is 0 Å². The highest BCUT2D eigenvalue weighted by Gasteiger charge is 2.29. The van der Waals surface area contributed by atoms with Gasteiger partial charge in [0, 0.05) is 5.57 Å². The summed E-state index contributed by atoms with van der Waals surface area (Å²) in [6.45, 7) is 9.85. The lowest BCUT2D eigenvalue weighted by Crippen LogP contribution is -2.46. The molecular formula is C14H20O2Si. The number of carbonyl (C=O) groups excluding carboxylic acids is 1. The van der Waals surface area contributed by atoms with Crippen molar-refractivity contribution in [1.82, 2.24) is 0 Å². The Labute approximate surface area is 104 Å². The van der Waals surface area contributed by atoms with Crippen LogP contribution in [0.25, 0.3) is 0 Å². The van der Waals surface area contributed by atoms with E-state index in [9.17, 15) is 4.79 Å². The zero-order valence-electron chi connectivity index (χ0n) is 10.8. The molecule has 0 fully saturated rings. The molecule has 0 aromatic heterocycles. The molecule has 17 heavy (non-hydrogen) atoms. The molecule has 0 bridgehead atoms. The molecule has 0 aliphatic carbocycles. The van der Waals surface area contributed by atoms with Gasteiger partial charge >= 0.3 is 5.97 Å². The van der Waals surface area contributed by atoms with Crippen molar-refractivity contribution in [3.63, 3.8) is 0 Å². The summed E-state index contributed by atoms with van der Waals surface area (Å²) in [6, 6.07) is 9.94. The average molecular weight is 248 g/mol. The van der Waals surface area contributed by atoms with E-state index in [0.29, 0.717) is 12.0 Å². The molecule has 0 saturated heterocycles. The molecule has 0 N–H and O–H groups in total. The molecule has 3 heteroatoms. The highest BCUT2D eigenvalue weighted by Crippen LogP contribution is 2.11. The van der Waals surface area contributed by atoms with Gasteiger partial charge in [-0.1, -0.05) is 50.3 Å². The summed E-state index contributed by atoms with van der Waals surface area (Å²) in [5.41, 5.74) is 0.573. The van der Waals surface area contributed by atoms with E-state index in [2.05, 4.69) is 6.58 Å². The zero-order valence-corrected chi connectivity index (χ0v) is 11.8. The van der Waals surface area contributed by atoms with Crippen molar-refractivity contribution in [3.8, 4) is 0 Å². The van der Waals surface area contributed by atoms with E-state index in [1.54, 1.807) is 0 Å². The van der Waals surface area contributed by atoms with Gasteiger partial charge in [-0.2, -0.15) is 0 Å². The second-order valence-corrected chi connectivity index (χ2v) is 8.42. The second-order valence-electron chi connectivity index (χ2n) is 4.62. The lowest BCUT2D eigenvalue weighted by atomic mass is 10.2. The predicted molar refractivity (Wildman–Crippen MR) is 73.7 cm³/mol. The third-order valence-corrected chi connectivity index (χ3v) is 5.08. The van der Waals surface area contributed by atoms with Gasteiger partial charge in [0.2, 0.25) is 0 Å². The minimum Gasteiger partial charge on any atom is -0.512 e. The SMILES string of the molecule is C=C(CCC)C(=O)O[Si](C)(C)c1ccccc1. The Morgan fingerprint density at radius 1 is 1.29 bits per heavy atom. The summed E-state index contributed by atoms with van der Waals surface area (Å²) in [5.74, 6) is -0.243. The molecule has 0 atom stereocenters. The van der Waals surface area contributed by atoms with E-state index in [0.717, 1.165) is 11.6 Å². The van der Waals surface area contributed by atoms with Crippen LogP contribution in [0, 0.1) is 0 Å². The predicted octanol–water partition coefficient (Wildman–Crippen LogP) is 3.00. The molecule has 0 saturated carbocycles. The fourth-order valence-electron chi connectivity index (χ4n) is 1.61. The van der Waals surface area contributed by atoms with Gasteiger partial charge in [0.05, 0.1) is 0 Å². The van der Waals surface area contributed by atoms with Gasteiger partial charge in [0.25, 0.3) is 8.32 Å². The first-order valence-electron chi connectivity index (χ1n) is 5.94. The van der Waals surface area contributed by atoms with Gasteiger partial charge in [-0.05, 0) is 24.7 Å². The molecule has 1 aromatic carbocycles. The number of benzene rings is 1. The first-order valence-corrected chi connectivity index (χ1v) is 8.85. The average Bonchev–Trinajstić information content (AvgIpc) is 2.30. The molecule has 0 amide bonds. The highest BCUT2D eigenvalue weighted by atomic mass is 28.4. The van der Waals surface area contributed by atoms with Crippen molar-refractivity contribution < 1.29 is 9.22 Å². The van der Waals surface area contributed by atoms with Crippen LogP contribution in [0.2, 0.25) is 13.1 Å². The fourth-order valence-corrected chi connectivity index (χ4v) is 3.33. The van der Waals surface area contributed by atoms with Crippen LogP contribution in [0.3, 0.4) is 0 Å². The van der Waals surface area contributed by atoms with Crippen LogP contribution in [0.4, 0.5) is 0 Å². The summed E-state index contributed by atoms with van der Waals surface area (Å²) in [7, 11) is -2.14. The first-order chi connectivity index (χ1) is 7.97. The summed E-state index contributed by atoms with van der Waals surface area (Å²) < 4.78 is 5.64. The number of hydrogen-bond donors (Lipinski definition) is 0. The molecule has 1 aromatic rings. The highest BCUT2D eigenvalue weighted by molar-refractivity contribution is 6.85. The number of carbonyl (C=O) groups is 1. The molecule has 0 radical (unpaired) electrons. The van der Waals surface area contributed by atoms with E-state index in [4.69, 9.17) is 4.43 Å². The first kappa shape index (κ1) is 13.7. The Bertz CT molecular complexity index is 396. The Hall–Kier alpha value is -1.35. The third kappa shape index (κ3) is 3.86. The van der Waals surface area contributed by atoms with E-state index < -0.39 is 8.32 Å². The van der Waals surface area contributed by atoms with Crippen LogP contribution >= 0.6 is 0 Å². The molecule has 0 spiro atoms. The number of hydrogen-bond acceptors (Lipinski definition) is 2. The number of rotatable bonds is 5. The maximum Gasteiger partial charge on any atom is 0.320 e. The lowest BCUT2D eigenvalue weighted by molar-refractivity contribution is -0.130. The molecule has 0 heterocycles. The third-order valence-electron chi connectivity index (χ3n) is 2.66. The van der Waals surface area contributed by atoms with Crippen LogP contribution in [0.15, 0.2) is 42.5 Å². The molecular weight excluding hydrogens is 228 g/mol. The van der Waals surface area contributed by atoms with E-state index in [1.165, 1.54) is 0 Å². The van der Waals surface area contributed by atoms with Gasteiger partial charge in [0.1, 0.15) is 0 Å². The van der Waals surface area contributed by atoms with Gasteiger partial charge in [0.15, 0.2) is 0 Å². The minimum atomic E-state index is -2.14. The topological polar surface area (TPSA) is 26.3 Å². The van der Waals surface area contributed by atoms with Gasteiger partial charge < -0.3 is 4.43 Å². The zero-order chi connectivity index (χ0) is 12.9. The van der Waals surface area contributed by atoms with Crippen LogP contribution in [0.5, 0.6) is 0 Å². The summed E-state index contributed by atoms with van der Waals surface area (Å²) in [6.07, 6.45) is 1.62. The maximum absolute atomic E-state index is 11.8. The summed E-state index contributed by atoms with van der Waals surface area (Å²) in [4.78, 5) is 11.8. The second kappa shape index (κ2) is 5.82. The Kier molecular flexibility index (Phi) is 4.69. The van der Waals surface area contributed by atoms with Crippen LogP contribution in [0.1, 0.15) is 19.8 Å². The smallest absolute Gasteiger partial charge is 0.320 e. The minimum absolute atomic E-state index is 0.243. The molecule has 0 aliphatic heterocycles. The van der Waals surface area contributed by atoms with E-state index >= 15 is 0 Å². The van der Waals surface area contributed by atoms with Crippen molar-refractivity contribution in [2.45, 2.75) is 32.9 Å². The van der Waals surface area contributed by atoms with E-state index in [1.807, 2.05) is 50.3 Å². The Balaban J connectivity index is 2.73. The van der Waals surface area contributed by atoms with Gasteiger partial charge in [-0.3, -0.25) is 0 Å². The van der Waals surface area contributed by atoms with Gasteiger partial charge in [-0.15, -0.1) is 0 Å². The van der Waals surface area contributed by atoms with Crippen LogP contribution in [-0.4, -0.2) is 14.3 Å². The van der Waals surface area contributed by atoms with Crippen molar-refractivity contribution in [3.05, 3.63) is 42.5 Å². The molecule has 0 aliphatic rings. The molecule has 92 valence electrons. The molecule has 1 rings (SSSR count). The largest absolute Gasteiger partial charge is 0.512 e. The van der Waals surface area contributed by atoms with Crippen LogP contribution in [-0.2, 0) is 9.22 Å².